The first kappa shape index (κ1) is 18.5. The van der Waals surface area contributed by atoms with E-state index in [1.807, 2.05) is 42.5 Å². The predicted molar refractivity (Wildman–Crippen MR) is 109 cm³/mol. The minimum absolute atomic E-state index is 0.269. The number of nitrogen functional groups attached to an aromatic ring is 1. The Morgan fingerprint density at radius 2 is 1.85 bits per heavy atom. The fraction of sp³-hybridized carbons (Fsp3) is 0.333. The van der Waals surface area contributed by atoms with Crippen molar-refractivity contribution in [3.63, 3.8) is 0 Å². The van der Waals surface area contributed by atoms with Crippen molar-refractivity contribution in [1.82, 2.24) is 9.55 Å². The average molecular weight is 368 g/mol. The molecule has 136 valence electrons. The van der Waals surface area contributed by atoms with E-state index >= 15 is 0 Å². The molecule has 2 aromatic carbocycles. The number of ketones is 1. The summed E-state index contributed by atoms with van der Waals surface area (Å²) in [5, 5.41) is 1.06. The van der Waals surface area contributed by atoms with Gasteiger partial charge in [-0.25, -0.2) is 4.98 Å². The fourth-order valence-corrected chi connectivity index (χ4v) is 4.00. The highest BCUT2D eigenvalue weighted by molar-refractivity contribution is 7.99. The Kier molecular flexibility index (Phi) is 6.34. The number of unbranched alkanes of at least 4 members (excludes halogenated alkanes) is 2. The molecule has 0 aliphatic heterocycles. The second-order valence-corrected chi connectivity index (χ2v) is 7.58. The Bertz CT molecular complexity index is 888. The highest BCUT2D eigenvalue weighted by atomic mass is 32.2. The monoisotopic (exact) mass is 367 g/mol. The third-order valence-corrected chi connectivity index (χ3v) is 5.64. The van der Waals surface area contributed by atoms with Crippen LogP contribution >= 0.6 is 11.8 Å². The molecule has 2 N–H and O–H groups in total. The van der Waals surface area contributed by atoms with Crippen LogP contribution in [0.5, 0.6) is 0 Å². The number of nitrogens with zero attached hydrogens (tertiary/aromatic N) is 2. The number of Topliss-reactive ketones (excluding diaryl/α,β-unsaturated/α-hetero) is 1. The zero-order valence-corrected chi connectivity index (χ0v) is 16.0. The number of aryl methyl sites for hydroxylation is 1. The minimum atomic E-state index is 0.269. The smallest absolute Gasteiger partial charge is 0.168 e. The summed E-state index contributed by atoms with van der Waals surface area (Å²) >= 11 is 1.79. The zero-order valence-electron chi connectivity index (χ0n) is 15.1. The number of carbonyl (C=O) groups is 1. The molecule has 3 rings (SSSR count). The lowest BCUT2D eigenvalue weighted by molar-refractivity contribution is -0.118. The van der Waals surface area contributed by atoms with Crippen LogP contribution in [-0.2, 0) is 18.3 Å². The van der Waals surface area contributed by atoms with Gasteiger partial charge in [0, 0.05) is 31.3 Å². The second kappa shape index (κ2) is 8.90. The molecule has 0 aliphatic rings. The lowest BCUT2D eigenvalue weighted by atomic mass is 10.0. The van der Waals surface area contributed by atoms with Crippen LogP contribution in [0.25, 0.3) is 11.0 Å². The number of benzene rings is 2. The normalized spacial score (nSPS) is 11.1. The van der Waals surface area contributed by atoms with Gasteiger partial charge in [-0.05, 0) is 36.6 Å². The number of nitrogens with two attached hydrogens (primary N) is 1. The Morgan fingerprint density at radius 1 is 1.08 bits per heavy atom. The number of para-hydroxylation sites is 3. The van der Waals surface area contributed by atoms with Crippen molar-refractivity contribution in [2.75, 3.05) is 11.5 Å². The van der Waals surface area contributed by atoms with Gasteiger partial charge in [-0.3, -0.25) is 4.79 Å². The Balaban J connectivity index is 1.36. The molecule has 0 fully saturated rings. The van der Waals surface area contributed by atoms with Crippen LogP contribution < -0.4 is 5.73 Å². The Morgan fingerprint density at radius 3 is 2.65 bits per heavy atom. The van der Waals surface area contributed by atoms with Crippen LogP contribution in [0.1, 0.15) is 31.2 Å². The SMILES string of the molecule is Cn1c(SCCCCCC(=O)Cc2ccccc2N)nc2ccccc21. The summed E-state index contributed by atoms with van der Waals surface area (Å²) < 4.78 is 2.15. The van der Waals surface area contributed by atoms with Crippen LogP contribution in [0.2, 0.25) is 0 Å². The molecule has 0 bridgehead atoms. The number of rotatable bonds is 9. The van der Waals surface area contributed by atoms with Crippen LogP contribution in [0, 0.1) is 0 Å². The van der Waals surface area contributed by atoms with Gasteiger partial charge in [0.2, 0.25) is 0 Å². The van der Waals surface area contributed by atoms with Crippen molar-refractivity contribution in [3.8, 4) is 0 Å². The van der Waals surface area contributed by atoms with Crippen molar-refractivity contribution in [3.05, 3.63) is 54.1 Å². The Labute approximate surface area is 158 Å². The van der Waals surface area contributed by atoms with Crippen LogP contribution in [0.15, 0.2) is 53.7 Å². The molecule has 0 saturated carbocycles. The molecular formula is C21H25N3OS. The molecule has 0 aliphatic carbocycles. The van der Waals surface area contributed by atoms with E-state index in [1.165, 1.54) is 5.52 Å². The van der Waals surface area contributed by atoms with Crippen molar-refractivity contribution >= 4 is 34.3 Å². The molecule has 1 heterocycles. The van der Waals surface area contributed by atoms with E-state index < -0.39 is 0 Å². The van der Waals surface area contributed by atoms with Crippen molar-refractivity contribution in [1.29, 1.82) is 0 Å². The van der Waals surface area contributed by atoms with Gasteiger partial charge in [-0.1, -0.05) is 48.5 Å². The largest absolute Gasteiger partial charge is 0.398 e. The van der Waals surface area contributed by atoms with Gasteiger partial charge in [0.1, 0.15) is 5.78 Å². The van der Waals surface area contributed by atoms with E-state index in [0.29, 0.717) is 18.5 Å². The molecule has 1 aromatic heterocycles. The quantitative estimate of drug-likeness (QED) is 0.340. The van der Waals surface area contributed by atoms with Gasteiger partial charge < -0.3 is 10.3 Å². The summed E-state index contributed by atoms with van der Waals surface area (Å²) in [7, 11) is 2.06. The predicted octanol–water partition coefficient (Wildman–Crippen LogP) is 4.62. The first-order valence-corrected chi connectivity index (χ1v) is 10.0. The van der Waals surface area contributed by atoms with Crippen LogP contribution in [-0.4, -0.2) is 21.1 Å². The summed E-state index contributed by atoms with van der Waals surface area (Å²) in [6.07, 6.45) is 4.17. The molecule has 26 heavy (non-hydrogen) atoms. The van der Waals surface area contributed by atoms with E-state index in [9.17, 15) is 4.79 Å². The van der Waals surface area contributed by atoms with E-state index in [2.05, 4.69) is 22.7 Å². The molecule has 0 saturated heterocycles. The van der Waals surface area contributed by atoms with Gasteiger partial charge in [-0.15, -0.1) is 0 Å². The van der Waals surface area contributed by atoms with Gasteiger partial charge in [-0.2, -0.15) is 0 Å². The number of thioether (sulfide) groups is 1. The molecule has 0 atom stereocenters. The number of hydrogen-bond donors (Lipinski definition) is 1. The van der Waals surface area contributed by atoms with E-state index in [0.717, 1.165) is 41.3 Å². The second-order valence-electron chi connectivity index (χ2n) is 6.52. The average Bonchev–Trinajstić information content (AvgIpc) is 2.96. The highest BCUT2D eigenvalue weighted by Crippen LogP contribution is 2.23. The maximum absolute atomic E-state index is 12.1. The maximum atomic E-state index is 12.1. The molecule has 3 aromatic rings. The molecule has 4 nitrogen and oxygen atoms in total. The maximum Gasteiger partial charge on any atom is 0.168 e. The molecule has 0 spiro atoms. The summed E-state index contributed by atoms with van der Waals surface area (Å²) in [6.45, 7) is 0. The number of imidazole rings is 1. The standard InChI is InChI=1S/C21H25N3OS/c1-24-20-13-7-6-12-19(20)23-21(24)26-14-8-2-3-10-17(25)15-16-9-4-5-11-18(16)22/h4-7,9,11-13H,2-3,8,10,14-15,22H2,1H3. The lowest BCUT2D eigenvalue weighted by Gasteiger charge is -2.05. The molecular weight excluding hydrogens is 342 g/mol. The van der Waals surface area contributed by atoms with Gasteiger partial charge in [0.15, 0.2) is 5.16 Å². The van der Waals surface area contributed by atoms with Gasteiger partial charge in [0.25, 0.3) is 0 Å². The molecule has 0 amide bonds. The highest BCUT2D eigenvalue weighted by Gasteiger charge is 2.08. The summed E-state index contributed by atoms with van der Waals surface area (Å²) in [5.41, 5.74) is 9.76. The summed E-state index contributed by atoms with van der Waals surface area (Å²) in [6, 6.07) is 15.8. The van der Waals surface area contributed by atoms with Crippen molar-refractivity contribution in [2.45, 2.75) is 37.3 Å². The molecule has 0 unspecified atom stereocenters. The Hall–Kier alpha value is -2.27. The zero-order chi connectivity index (χ0) is 18.4. The first-order valence-electron chi connectivity index (χ1n) is 9.04. The first-order chi connectivity index (χ1) is 12.6. The minimum Gasteiger partial charge on any atom is -0.398 e. The van der Waals surface area contributed by atoms with Crippen LogP contribution in [0.3, 0.4) is 0 Å². The number of hydrogen-bond acceptors (Lipinski definition) is 4. The van der Waals surface area contributed by atoms with Crippen molar-refractivity contribution in [2.24, 2.45) is 7.05 Å². The molecule has 5 heteroatoms. The topological polar surface area (TPSA) is 60.9 Å². The van der Waals surface area contributed by atoms with Crippen LogP contribution in [0.4, 0.5) is 5.69 Å². The number of carbonyl (C=O) groups excluding carboxylic acids is 1. The third kappa shape index (κ3) is 4.67. The number of aromatic nitrogens is 2. The van der Waals surface area contributed by atoms with Gasteiger partial charge >= 0.3 is 0 Å². The summed E-state index contributed by atoms with van der Waals surface area (Å²) in [5.74, 6) is 1.29. The summed E-state index contributed by atoms with van der Waals surface area (Å²) in [4.78, 5) is 16.8. The van der Waals surface area contributed by atoms with E-state index in [1.54, 1.807) is 11.8 Å². The fourth-order valence-electron chi connectivity index (χ4n) is 3.01. The number of anilines is 1. The lowest BCUT2D eigenvalue weighted by Crippen LogP contribution is -2.05. The van der Waals surface area contributed by atoms with E-state index in [-0.39, 0.29) is 5.78 Å². The van der Waals surface area contributed by atoms with E-state index in [4.69, 9.17) is 5.73 Å². The van der Waals surface area contributed by atoms with Gasteiger partial charge in [0.05, 0.1) is 11.0 Å². The molecule has 0 radical (unpaired) electrons. The van der Waals surface area contributed by atoms with Crippen molar-refractivity contribution < 1.29 is 4.79 Å². The number of fused-ring (bicyclic) bond motifs is 1. The third-order valence-electron chi connectivity index (χ3n) is 4.52.